The summed E-state index contributed by atoms with van der Waals surface area (Å²) >= 11 is 6.55. The fraction of sp³-hybridized carbons (Fsp3) is 0.417. The van der Waals surface area contributed by atoms with Crippen LogP contribution in [0.15, 0.2) is 53.6 Å². The van der Waals surface area contributed by atoms with Crippen LogP contribution in [0, 0.1) is 0 Å². The zero-order valence-electron chi connectivity index (χ0n) is 28.7. The molecule has 1 atom stereocenters. The molecule has 13 nitrogen and oxygen atoms in total. The number of imide groups is 1. The Morgan fingerprint density at radius 1 is 1.00 bits per heavy atom. The van der Waals surface area contributed by atoms with E-state index in [1.54, 1.807) is 36.2 Å². The summed E-state index contributed by atoms with van der Waals surface area (Å²) < 4.78 is 5.33. The highest BCUT2D eigenvalue weighted by Crippen LogP contribution is 2.34. The highest BCUT2D eigenvalue weighted by Gasteiger charge is 2.30. The topological polar surface area (TPSA) is 151 Å². The number of fused-ring (bicyclic) bond motifs is 2. The van der Waals surface area contributed by atoms with E-state index in [2.05, 4.69) is 44.0 Å². The first-order valence-electron chi connectivity index (χ1n) is 17.0. The summed E-state index contributed by atoms with van der Waals surface area (Å²) in [4.78, 5) is 48.7. The Labute approximate surface area is 294 Å². The van der Waals surface area contributed by atoms with Gasteiger partial charge in [0.05, 0.1) is 34.3 Å². The van der Waals surface area contributed by atoms with Crippen molar-refractivity contribution in [3.63, 3.8) is 0 Å². The fourth-order valence-corrected chi connectivity index (χ4v) is 7.20. The molecule has 4 N–H and O–H groups in total. The van der Waals surface area contributed by atoms with Gasteiger partial charge >= 0.3 is 5.69 Å². The van der Waals surface area contributed by atoms with E-state index in [4.69, 9.17) is 16.6 Å². The molecule has 2 fully saturated rings. The predicted octanol–water partition coefficient (Wildman–Crippen LogP) is 4.78. The number of halogens is 1. The third kappa shape index (κ3) is 6.67. The second-order valence-corrected chi connectivity index (χ2v) is 14.5. The number of amides is 2. The van der Waals surface area contributed by atoms with Crippen molar-refractivity contribution in [2.75, 3.05) is 28.6 Å². The van der Waals surface area contributed by atoms with Crippen molar-refractivity contribution in [1.82, 2.24) is 29.0 Å². The Hall–Kier alpha value is -4.88. The number of carbonyl (C=O) groups is 2. The monoisotopic (exact) mass is 699 g/mol. The Morgan fingerprint density at radius 3 is 2.48 bits per heavy atom. The van der Waals surface area contributed by atoms with Crippen LogP contribution in [0.25, 0.3) is 21.9 Å². The summed E-state index contributed by atoms with van der Waals surface area (Å²) in [5.74, 6) is 0.301. The molecule has 0 aliphatic carbocycles. The Bertz CT molecular complexity index is 2170. The van der Waals surface area contributed by atoms with Gasteiger partial charge in [-0.2, -0.15) is 4.98 Å². The molecule has 50 heavy (non-hydrogen) atoms. The highest BCUT2D eigenvalue weighted by molar-refractivity contribution is 6.33. The van der Waals surface area contributed by atoms with Crippen LogP contribution in [0.2, 0.25) is 5.02 Å². The number of nitrogens with zero attached hydrogens (tertiary/aromatic N) is 6. The average Bonchev–Trinajstić information content (AvgIpc) is 3.52. The van der Waals surface area contributed by atoms with Crippen LogP contribution in [-0.4, -0.2) is 65.3 Å². The quantitative estimate of drug-likeness (QED) is 0.159. The van der Waals surface area contributed by atoms with Gasteiger partial charge in [0.1, 0.15) is 5.02 Å². The zero-order valence-corrected chi connectivity index (χ0v) is 29.4. The van der Waals surface area contributed by atoms with Crippen molar-refractivity contribution in [2.24, 2.45) is 14.1 Å². The summed E-state index contributed by atoms with van der Waals surface area (Å²) in [6.45, 7) is 5.37. The second-order valence-electron chi connectivity index (χ2n) is 14.1. The van der Waals surface area contributed by atoms with E-state index in [-0.39, 0.29) is 29.5 Å². The zero-order chi connectivity index (χ0) is 35.3. The summed E-state index contributed by atoms with van der Waals surface area (Å²) in [6, 6.07) is 12.2. The summed E-state index contributed by atoms with van der Waals surface area (Å²) in [7, 11) is 3.72. The summed E-state index contributed by atoms with van der Waals surface area (Å²) in [5, 5.41) is 21.2. The number of piperidine rings is 2. The fourth-order valence-electron chi connectivity index (χ4n) is 7.06. The lowest BCUT2D eigenvalue weighted by molar-refractivity contribution is -0.134. The lowest BCUT2D eigenvalue weighted by atomic mass is 9.90. The molecule has 7 rings (SSSR count). The van der Waals surface area contributed by atoms with Crippen molar-refractivity contribution in [2.45, 2.75) is 70.1 Å². The maximum Gasteiger partial charge on any atom is 0.328 e. The van der Waals surface area contributed by atoms with Crippen LogP contribution >= 0.6 is 11.6 Å². The molecule has 262 valence electrons. The molecule has 2 aromatic carbocycles. The number of nitrogens with one attached hydrogen (secondary N) is 3. The predicted molar refractivity (Wildman–Crippen MR) is 195 cm³/mol. The smallest absolute Gasteiger partial charge is 0.328 e. The summed E-state index contributed by atoms with van der Waals surface area (Å²) in [5.41, 5.74) is 4.25. The molecule has 2 amide bonds. The first-order chi connectivity index (χ1) is 23.8. The van der Waals surface area contributed by atoms with Gasteiger partial charge < -0.3 is 25.2 Å². The van der Waals surface area contributed by atoms with Gasteiger partial charge in [-0.05, 0) is 75.4 Å². The van der Waals surface area contributed by atoms with E-state index in [1.807, 2.05) is 36.0 Å². The van der Waals surface area contributed by atoms with Gasteiger partial charge in [0.25, 0.3) is 0 Å². The molecule has 0 spiro atoms. The Morgan fingerprint density at radius 2 is 1.74 bits per heavy atom. The number of aryl methyl sites for hydroxylation is 3. The van der Waals surface area contributed by atoms with Crippen molar-refractivity contribution >= 4 is 68.5 Å². The number of aromatic nitrogens is 5. The number of rotatable bonds is 9. The number of benzene rings is 2. The minimum atomic E-state index is -0.894. The van der Waals surface area contributed by atoms with E-state index in [9.17, 15) is 19.5 Å². The largest absolute Gasteiger partial charge is 0.390 e. The first kappa shape index (κ1) is 33.6. The second kappa shape index (κ2) is 13.1. The average molecular weight is 700 g/mol. The van der Waals surface area contributed by atoms with Crippen molar-refractivity contribution < 1.29 is 14.7 Å². The van der Waals surface area contributed by atoms with Crippen LogP contribution in [0.5, 0.6) is 0 Å². The molecule has 14 heteroatoms. The number of aliphatic hydroxyl groups is 1. The van der Waals surface area contributed by atoms with Crippen LogP contribution in [0.1, 0.15) is 57.4 Å². The molecule has 1 unspecified atom stereocenters. The maximum absolute atomic E-state index is 13.0. The third-order valence-electron chi connectivity index (χ3n) is 9.87. The highest BCUT2D eigenvalue weighted by atomic mass is 35.5. The number of imidazole rings is 1. The van der Waals surface area contributed by atoms with Crippen molar-refractivity contribution in [3.05, 3.63) is 69.9 Å². The molecule has 2 aliphatic rings. The van der Waals surface area contributed by atoms with Crippen LogP contribution in [-0.2, 0) is 30.2 Å². The number of hydrogen-bond donors (Lipinski definition) is 4. The molecule has 0 saturated carbocycles. The van der Waals surface area contributed by atoms with E-state index in [0.29, 0.717) is 42.6 Å². The third-order valence-corrected chi connectivity index (χ3v) is 10.1. The van der Waals surface area contributed by atoms with Gasteiger partial charge in [0, 0.05) is 69.2 Å². The van der Waals surface area contributed by atoms with Gasteiger partial charge in [0.15, 0.2) is 5.82 Å². The van der Waals surface area contributed by atoms with Crippen LogP contribution in [0.4, 0.5) is 23.1 Å². The molecule has 0 radical (unpaired) electrons. The van der Waals surface area contributed by atoms with Gasteiger partial charge in [-0.3, -0.25) is 24.0 Å². The molecular formula is C36H42ClN9O4. The number of anilines is 4. The van der Waals surface area contributed by atoms with Crippen molar-refractivity contribution in [3.8, 4) is 0 Å². The molecule has 5 aromatic rings. The Balaban J connectivity index is 1.01. The van der Waals surface area contributed by atoms with E-state index in [1.165, 1.54) is 0 Å². The van der Waals surface area contributed by atoms with Gasteiger partial charge in [-0.15, -0.1) is 0 Å². The molecular weight excluding hydrogens is 658 g/mol. The molecule has 3 aromatic heterocycles. The minimum Gasteiger partial charge on any atom is -0.390 e. The van der Waals surface area contributed by atoms with Crippen LogP contribution in [0.3, 0.4) is 0 Å². The summed E-state index contributed by atoms with van der Waals surface area (Å²) in [6.07, 6.45) is 6.68. The first-order valence-corrected chi connectivity index (χ1v) is 17.4. The van der Waals surface area contributed by atoms with E-state index >= 15 is 0 Å². The normalized spacial score (nSPS) is 17.5. The lowest BCUT2D eigenvalue weighted by Crippen LogP contribution is -2.40. The lowest BCUT2D eigenvalue weighted by Gasteiger charge is -2.33. The van der Waals surface area contributed by atoms with Gasteiger partial charge in [0.2, 0.25) is 17.8 Å². The van der Waals surface area contributed by atoms with E-state index in [0.717, 1.165) is 64.8 Å². The molecule has 2 aliphatic heterocycles. The van der Waals surface area contributed by atoms with Gasteiger partial charge in [-0.1, -0.05) is 17.7 Å². The van der Waals surface area contributed by atoms with Crippen molar-refractivity contribution in [1.29, 1.82) is 0 Å². The minimum absolute atomic E-state index is 0.138. The molecule has 0 bridgehead atoms. The SMILES string of the molecule is Cn1cc(C2CCC(=O)NC2=O)c2ccc(NC3CCN(c4ncc(Cl)c(Nc5ccc6c(c5)n(CCC(C)(C)O)c(=O)n6C)n4)CC3)cc21. The maximum atomic E-state index is 13.0. The molecule has 5 heterocycles. The van der Waals surface area contributed by atoms with Crippen LogP contribution < -0.4 is 26.5 Å². The number of hydrogen-bond acceptors (Lipinski definition) is 9. The number of carbonyl (C=O) groups excluding carboxylic acids is 2. The van der Waals surface area contributed by atoms with Gasteiger partial charge in [-0.25, -0.2) is 9.78 Å². The van der Waals surface area contributed by atoms with E-state index < -0.39 is 5.60 Å². The standard InChI is InChI=1S/C36H42ClN9O4/c1-36(2,50)13-16-46-30-18-23(6-9-28(30)44(4)35(46)49)40-32-27(37)19-38-34(42-32)45-14-11-21(12-15-45)39-22-5-7-24-26(20-43(3)29(24)17-22)25-8-10-31(47)41-33(25)48/h5-7,9,17-21,25,39,50H,8,10-16H2,1-4H3,(H,38,40,42)(H,41,47,48). The molecule has 2 saturated heterocycles. The Kier molecular flexibility index (Phi) is 8.81.